The first-order valence-corrected chi connectivity index (χ1v) is 43.1. The Morgan fingerprint density at radius 2 is 0.533 bits per heavy atom. The van der Waals surface area contributed by atoms with Gasteiger partial charge in [0.1, 0.15) is 0 Å². The van der Waals surface area contributed by atoms with Crippen molar-refractivity contribution in [2.45, 2.75) is 158 Å². The van der Waals surface area contributed by atoms with E-state index in [1.54, 1.807) is 0 Å². The monoisotopic (exact) mass is 1560 g/mol. The predicted molar refractivity (Wildman–Crippen MR) is 517 cm³/mol. The maximum atomic E-state index is 2.50. The second kappa shape index (κ2) is 31.5. The first kappa shape index (κ1) is 79.7. The molecule has 0 aliphatic heterocycles. The summed E-state index contributed by atoms with van der Waals surface area (Å²) >= 11 is 0. The van der Waals surface area contributed by atoms with Crippen molar-refractivity contribution in [1.29, 1.82) is 0 Å². The number of anilines is 12. The summed E-state index contributed by atoms with van der Waals surface area (Å²) in [4.78, 5) is 9.88. The van der Waals surface area contributed by atoms with Crippen molar-refractivity contribution in [2.24, 2.45) is 0 Å². The zero-order valence-corrected chi connectivity index (χ0v) is 73.3. The van der Waals surface area contributed by atoms with Gasteiger partial charge in [-0.2, -0.15) is 0 Å². The van der Waals surface area contributed by atoms with Gasteiger partial charge in [-0.05, 0) is 306 Å². The summed E-state index contributed by atoms with van der Waals surface area (Å²) in [5, 5.41) is 5.03. The van der Waals surface area contributed by atoms with Crippen molar-refractivity contribution in [1.82, 2.24) is 0 Å². The first-order chi connectivity index (χ1) is 57.5. The second-order valence-corrected chi connectivity index (χ2v) is 37.4. The summed E-state index contributed by atoms with van der Waals surface area (Å²) in [6.45, 7) is 41.3. The topological polar surface area (TPSA) is 13.0 Å². The van der Waals surface area contributed by atoms with Crippen molar-refractivity contribution in [3.05, 3.63) is 406 Å². The van der Waals surface area contributed by atoms with Crippen LogP contribution >= 0.6 is 0 Å². The van der Waals surface area contributed by atoms with Gasteiger partial charge in [-0.15, -0.1) is 0 Å². The summed E-state index contributed by atoms with van der Waals surface area (Å²) in [6, 6.07) is 127. The van der Waals surface area contributed by atoms with Crippen molar-refractivity contribution in [2.75, 3.05) is 19.6 Å². The van der Waals surface area contributed by atoms with Crippen LogP contribution in [-0.4, -0.2) is 0 Å². The van der Waals surface area contributed by atoms with Crippen molar-refractivity contribution < 1.29 is 0 Å². The summed E-state index contributed by atoms with van der Waals surface area (Å²) in [5.41, 5.74) is 39.2. The van der Waals surface area contributed by atoms with Crippen molar-refractivity contribution in [3.63, 3.8) is 0 Å². The van der Waals surface area contributed by atoms with E-state index in [4.69, 9.17) is 0 Å². The molecule has 0 N–H and O–H groups in total. The van der Waals surface area contributed by atoms with Gasteiger partial charge in [0.05, 0.1) is 11.4 Å². The summed E-state index contributed by atoms with van der Waals surface area (Å²) in [5.74, 6) is 0.951. The zero-order valence-electron chi connectivity index (χ0n) is 73.3. The fraction of sp³-hybridized carbons (Fsp3) is 0.207. The van der Waals surface area contributed by atoms with Gasteiger partial charge in [0.2, 0.25) is 0 Å². The third-order valence-electron chi connectivity index (χ3n) is 25.2. The standard InChI is InChI=1S/C63H58N2.C53H54N2/c1-61(2,3)47-27-19-31-51(39-47)64(49-29-17-25-45(37-49)43-21-11-9-12-22-43)53-35-36-56-57(41-53)63(7,8)58-42-59(54-33-15-16-34-55(54)60(56)58)65(52-32-20-28-48(40-52)62(4,5)6)50-30-18-26-46(38-50)44-23-13-10-14-24-44;1-33(2)39-15-19-41(20-16-39)54(44-27-35(5)25-36(6)28-44)43-23-24-48-49(31-43)53(9,10)50-32-51(46-13-11-12-14-47(46)52(48)50)55(45-29-37(7)26-38(8)30-45)42-21-17-40(18-22-42)34(3)4/h9-42H,1-8H3;11-34H,1-10H3. The molecule has 0 saturated heterocycles. The minimum Gasteiger partial charge on any atom is -0.310 e. The van der Waals surface area contributed by atoms with Gasteiger partial charge in [-0.3, -0.25) is 0 Å². The third kappa shape index (κ3) is 15.1. The lowest BCUT2D eigenvalue weighted by Crippen LogP contribution is -2.18. The van der Waals surface area contributed by atoms with Crippen LogP contribution in [0.25, 0.3) is 66.1 Å². The zero-order chi connectivity index (χ0) is 83.8. The van der Waals surface area contributed by atoms with E-state index in [2.05, 4.69) is 484 Å². The molecule has 596 valence electrons. The molecule has 0 radical (unpaired) electrons. The molecule has 2 aliphatic carbocycles. The predicted octanol–water partition coefficient (Wildman–Crippen LogP) is 33.6. The number of benzene rings is 16. The molecule has 0 fully saturated rings. The minimum absolute atomic E-state index is 0.00128. The molecular formula is C116H112N4. The molecule has 0 unspecified atom stereocenters. The number of fused-ring (bicyclic) bond motifs is 10. The maximum Gasteiger partial charge on any atom is 0.0543 e. The van der Waals surface area contributed by atoms with Gasteiger partial charge in [-0.1, -0.05) is 303 Å². The second-order valence-electron chi connectivity index (χ2n) is 37.4. The van der Waals surface area contributed by atoms with Crippen molar-refractivity contribution in [3.8, 4) is 44.5 Å². The summed E-state index contributed by atoms with van der Waals surface area (Å²) in [6.07, 6.45) is 0. The van der Waals surface area contributed by atoms with E-state index in [0.29, 0.717) is 11.8 Å². The van der Waals surface area contributed by atoms with Crippen LogP contribution in [0.5, 0.6) is 0 Å². The van der Waals surface area contributed by atoms with Gasteiger partial charge in [0, 0.05) is 78.5 Å². The Morgan fingerprint density at radius 1 is 0.233 bits per heavy atom. The highest BCUT2D eigenvalue weighted by atomic mass is 15.2. The van der Waals surface area contributed by atoms with Crippen LogP contribution in [-0.2, 0) is 21.7 Å². The molecule has 0 heterocycles. The lowest BCUT2D eigenvalue weighted by molar-refractivity contribution is 0.590. The third-order valence-corrected chi connectivity index (χ3v) is 25.2. The van der Waals surface area contributed by atoms with Crippen LogP contribution in [0.1, 0.15) is 176 Å². The number of rotatable bonds is 16. The lowest BCUT2D eigenvalue weighted by Gasteiger charge is -2.31. The Balaban J connectivity index is 0.000000174. The Kier molecular flexibility index (Phi) is 20.9. The van der Waals surface area contributed by atoms with Crippen LogP contribution in [0.4, 0.5) is 68.2 Å². The highest BCUT2D eigenvalue weighted by Gasteiger charge is 2.41. The Labute approximate surface area is 713 Å². The van der Waals surface area contributed by atoms with Gasteiger partial charge >= 0.3 is 0 Å². The first-order valence-electron chi connectivity index (χ1n) is 43.1. The van der Waals surface area contributed by atoms with Gasteiger partial charge in [0.25, 0.3) is 0 Å². The average Bonchev–Trinajstić information content (AvgIpc) is 1.55. The summed E-state index contributed by atoms with van der Waals surface area (Å²) in [7, 11) is 0. The molecular weight excluding hydrogens is 1450 g/mol. The number of hydrogen-bond acceptors (Lipinski definition) is 4. The van der Waals surface area contributed by atoms with Gasteiger partial charge in [0.15, 0.2) is 0 Å². The SMILES string of the molecule is CC(C)(C)c1cccc(N(c2cccc(-c3ccccc3)c2)c2ccc3c(c2)C(C)(C)c2cc(N(c4cccc(-c5ccccc5)c4)c4cccc(C(C)(C)C)c4)c4ccccc4c2-3)c1.Cc1cc(C)cc(N(c2ccc(C(C)C)cc2)c2ccc3c(c2)C(C)(C)c2cc(N(c4ccc(C(C)C)cc4)c4cc(C)cc(C)c4)c4ccccc4c2-3)c1. The van der Waals surface area contributed by atoms with E-state index in [1.165, 1.54) is 173 Å². The van der Waals surface area contributed by atoms with Gasteiger partial charge in [-0.25, -0.2) is 0 Å². The Morgan fingerprint density at radius 3 is 0.925 bits per heavy atom. The Bertz CT molecular complexity index is 6500. The number of nitrogens with zero attached hydrogens (tertiary/aromatic N) is 4. The lowest BCUT2D eigenvalue weighted by atomic mass is 9.81. The van der Waals surface area contributed by atoms with E-state index >= 15 is 0 Å². The van der Waals surface area contributed by atoms with Crippen LogP contribution in [0.2, 0.25) is 0 Å². The van der Waals surface area contributed by atoms with E-state index < -0.39 is 0 Å². The smallest absolute Gasteiger partial charge is 0.0543 e. The highest BCUT2D eigenvalue weighted by Crippen LogP contribution is 2.59. The molecule has 0 atom stereocenters. The molecule has 0 aromatic heterocycles. The average molecular weight is 1560 g/mol. The normalized spacial score (nSPS) is 13.0. The molecule has 0 saturated carbocycles. The molecule has 18 rings (SSSR count). The molecule has 0 spiro atoms. The van der Waals surface area contributed by atoms with Gasteiger partial charge < -0.3 is 19.6 Å². The van der Waals surface area contributed by atoms with Crippen LogP contribution < -0.4 is 19.6 Å². The minimum atomic E-state index is -0.310. The molecule has 4 nitrogen and oxygen atoms in total. The van der Waals surface area contributed by atoms with E-state index in [0.717, 1.165) is 28.4 Å². The highest BCUT2D eigenvalue weighted by molar-refractivity contribution is 6.12. The number of aryl methyl sites for hydroxylation is 4. The van der Waals surface area contributed by atoms with Crippen molar-refractivity contribution >= 4 is 89.8 Å². The van der Waals surface area contributed by atoms with Crippen LogP contribution in [0.3, 0.4) is 0 Å². The molecule has 0 amide bonds. The van der Waals surface area contributed by atoms with Crippen LogP contribution in [0.15, 0.2) is 340 Å². The molecule has 2 aliphatic rings. The fourth-order valence-electron chi connectivity index (χ4n) is 18.8. The molecule has 16 aromatic carbocycles. The largest absolute Gasteiger partial charge is 0.310 e. The van der Waals surface area contributed by atoms with Crippen LogP contribution in [0, 0.1) is 27.7 Å². The fourth-order valence-corrected chi connectivity index (χ4v) is 18.8. The molecule has 120 heavy (non-hydrogen) atoms. The quantitative estimate of drug-likeness (QED) is 0.0956. The Hall–Kier alpha value is -12.8. The molecule has 4 heteroatoms. The molecule has 16 aromatic rings. The van der Waals surface area contributed by atoms with E-state index in [-0.39, 0.29) is 21.7 Å². The molecule has 0 bridgehead atoms. The van der Waals surface area contributed by atoms with E-state index in [9.17, 15) is 0 Å². The maximum absolute atomic E-state index is 2.50. The van der Waals surface area contributed by atoms with E-state index in [1.807, 2.05) is 0 Å². The number of hydrogen-bond donors (Lipinski definition) is 0. The summed E-state index contributed by atoms with van der Waals surface area (Å²) < 4.78 is 0.